The predicted molar refractivity (Wildman–Crippen MR) is 66.9 cm³/mol. The molecule has 2 rings (SSSR count). The Morgan fingerprint density at radius 2 is 2.19 bits per heavy atom. The quantitative estimate of drug-likeness (QED) is 0.891. The third-order valence-electron chi connectivity index (χ3n) is 2.09. The normalized spacial score (nSPS) is 10.1. The highest BCUT2D eigenvalue weighted by atomic mass is 35.5. The van der Waals surface area contributed by atoms with Crippen LogP contribution in [0.25, 0.3) is 0 Å². The molecule has 4 heteroatoms. The summed E-state index contributed by atoms with van der Waals surface area (Å²) in [5.74, 6) is -0.0463. The molecule has 0 unspecified atom stereocenters. The van der Waals surface area contributed by atoms with E-state index >= 15 is 0 Å². The van der Waals surface area contributed by atoms with Crippen molar-refractivity contribution in [2.24, 2.45) is 0 Å². The van der Waals surface area contributed by atoms with E-state index in [0.717, 1.165) is 10.4 Å². The van der Waals surface area contributed by atoms with E-state index in [-0.39, 0.29) is 5.91 Å². The van der Waals surface area contributed by atoms with E-state index in [1.165, 1.54) is 11.3 Å². The van der Waals surface area contributed by atoms with Crippen LogP contribution in [-0.2, 0) is 6.54 Å². The maximum atomic E-state index is 11.6. The van der Waals surface area contributed by atoms with Gasteiger partial charge in [-0.05, 0) is 29.1 Å². The summed E-state index contributed by atoms with van der Waals surface area (Å²) in [6.07, 6.45) is 0. The smallest absolute Gasteiger partial charge is 0.261 e. The summed E-state index contributed by atoms with van der Waals surface area (Å²) in [5, 5.41) is 5.41. The van der Waals surface area contributed by atoms with Gasteiger partial charge in [-0.3, -0.25) is 4.79 Å². The van der Waals surface area contributed by atoms with Gasteiger partial charge in [0.15, 0.2) is 0 Å². The van der Waals surface area contributed by atoms with Crippen LogP contribution in [0.1, 0.15) is 15.2 Å². The van der Waals surface area contributed by atoms with Gasteiger partial charge in [-0.1, -0.05) is 29.8 Å². The molecule has 0 radical (unpaired) electrons. The summed E-state index contributed by atoms with van der Waals surface area (Å²) in [4.78, 5) is 12.4. The van der Waals surface area contributed by atoms with Crippen LogP contribution in [-0.4, -0.2) is 5.91 Å². The summed E-state index contributed by atoms with van der Waals surface area (Å²) >= 11 is 7.28. The molecule has 1 aromatic heterocycles. The molecule has 0 saturated carbocycles. The van der Waals surface area contributed by atoms with Crippen LogP contribution in [0.15, 0.2) is 41.8 Å². The van der Waals surface area contributed by atoms with Crippen molar-refractivity contribution >= 4 is 28.8 Å². The Morgan fingerprint density at radius 1 is 1.31 bits per heavy atom. The first-order valence-electron chi connectivity index (χ1n) is 4.82. The van der Waals surface area contributed by atoms with E-state index in [2.05, 4.69) is 5.32 Å². The minimum Gasteiger partial charge on any atom is -0.347 e. The number of carbonyl (C=O) groups is 1. The van der Waals surface area contributed by atoms with E-state index in [1.807, 2.05) is 35.7 Å². The molecule has 1 amide bonds. The van der Waals surface area contributed by atoms with Crippen LogP contribution < -0.4 is 5.32 Å². The van der Waals surface area contributed by atoms with Crippen molar-refractivity contribution in [3.63, 3.8) is 0 Å². The molecule has 0 spiro atoms. The van der Waals surface area contributed by atoms with Gasteiger partial charge in [0.05, 0.1) is 4.88 Å². The van der Waals surface area contributed by atoms with Crippen molar-refractivity contribution in [1.82, 2.24) is 5.32 Å². The lowest BCUT2D eigenvalue weighted by molar-refractivity contribution is 0.0955. The molecule has 16 heavy (non-hydrogen) atoms. The number of hydrogen-bond donors (Lipinski definition) is 1. The zero-order valence-electron chi connectivity index (χ0n) is 8.44. The van der Waals surface area contributed by atoms with E-state index < -0.39 is 0 Å². The van der Waals surface area contributed by atoms with Gasteiger partial charge in [-0.25, -0.2) is 0 Å². The van der Waals surface area contributed by atoms with Crippen LogP contribution in [0.4, 0.5) is 0 Å². The van der Waals surface area contributed by atoms with Crippen LogP contribution in [0.3, 0.4) is 0 Å². The third-order valence-corrected chi connectivity index (χ3v) is 3.19. The molecule has 1 aromatic carbocycles. The standard InChI is InChI=1S/C12H10ClNOS/c13-10-4-1-3-9(7-10)8-14-12(15)11-5-2-6-16-11/h1-7H,8H2,(H,14,15). The third kappa shape index (κ3) is 2.84. The van der Waals surface area contributed by atoms with Crippen molar-refractivity contribution in [3.8, 4) is 0 Å². The van der Waals surface area contributed by atoms with Crippen molar-refractivity contribution in [1.29, 1.82) is 0 Å². The molecule has 1 heterocycles. The highest BCUT2D eigenvalue weighted by molar-refractivity contribution is 7.12. The largest absolute Gasteiger partial charge is 0.347 e. The fourth-order valence-corrected chi connectivity index (χ4v) is 2.18. The minimum absolute atomic E-state index is 0.0463. The Kier molecular flexibility index (Phi) is 3.59. The summed E-state index contributed by atoms with van der Waals surface area (Å²) in [6, 6.07) is 11.1. The van der Waals surface area contributed by atoms with Crippen LogP contribution in [0, 0.1) is 0 Å². The molecule has 0 saturated heterocycles. The molecule has 0 aliphatic heterocycles. The second kappa shape index (κ2) is 5.14. The molecular formula is C12H10ClNOS. The molecular weight excluding hydrogens is 242 g/mol. The summed E-state index contributed by atoms with van der Waals surface area (Å²) < 4.78 is 0. The van der Waals surface area contributed by atoms with Gasteiger partial charge < -0.3 is 5.32 Å². The molecule has 82 valence electrons. The Labute approximate surface area is 103 Å². The van der Waals surface area contributed by atoms with Gasteiger partial charge in [-0.15, -0.1) is 11.3 Å². The number of benzene rings is 1. The average Bonchev–Trinajstić information content (AvgIpc) is 2.79. The van der Waals surface area contributed by atoms with E-state index in [9.17, 15) is 4.79 Å². The van der Waals surface area contributed by atoms with Crippen molar-refractivity contribution in [2.45, 2.75) is 6.54 Å². The van der Waals surface area contributed by atoms with Gasteiger partial charge in [0.25, 0.3) is 5.91 Å². The lowest BCUT2D eigenvalue weighted by atomic mass is 10.2. The predicted octanol–water partition coefficient (Wildman–Crippen LogP) is 3.33. The van der Waals surface area contributed by atoms with Crippen LogP contribution >= 0.6 is 22.9 Å². The number of hydrogen-bond acceptors (Lipinski definition) is 2. The number of amides is 1. The molecule has 2 aromatic rings. The Morgan fingerprint density at radius 3 is 2.88 bits per heavy atom. The Balaban J connectivity index is 1.95. The molecule has 2 nitrogen and oxygen atoms in total. The fraction of sp³-hybridized carbons (Fsp3) is 0.0833. The van der Waals surface area contributed by atoms with E-state index in [4.69, 9.17) is 11.6 Å². The molecule has 0 fully saturated rings. The number of nitrogens with one attached hydrogen (secondary N) is 1. The summed E-state index contributed by atoms with van der Waals surface area (Å²) in [7, 11) is 0. The number of carbonyl (C=O) groups excluding carboxylic acids is 1. The zero-order chi connectivity index (χ0) is 11.4. The monoisotopic (exact) mass is 251 g/mol. The Hall–Kier alpha value is -1.32. The summed E-state index contributed by atoms with van der Waals surface area (Å²) in [5.41, 5.74) is 0.998. The zero-order valence-corrected chi connectivity index (χ0v) is 10.0. The van der Waals surface area contributed by atoms with Gasteiger partial charge in [0.2, 0.25) is 0 Å². The van der Waals surface area contributed by atoms with Crippen molar-refractivity contribution in [2.75, 3.05) is 0 Å². The maximum Gasteiger partial charge on any atom is 0.261 e. The second-order valence-corrected chi connectivity index (χ2v) is 4.67. The lowest BCUT2D eigenvalue weighted by Crippen LogP contribution is -2.21. The van der Waals surface area contributed by atoms with Gasteiger partial charge >= 0.3 is 0 Å². The van der Waals surface area contributed by atoms with Crippen LogP contribution in [0.2, 0.25) is 5.02 Å². The van der Waals surface area contributed by atoms with Crippen LogP contribution in [0.5, 0.6) is 0 Å². The fourth-order valence-electron chi connectivity index (χ4n) is 1.32. The SMILES string of the molecule is O=C(NCc1cccc(Cl)c1)c1cccs1. The lowest BCUT2D eigenvalue weighted by Gasteiger charge is -2.03. The van der Waals surface area contributed by atoms with Crippen molar-refractivity contribution < 1.29 is 4.79 Å². The number of halogens is 1. The topological polar surface area (TPSA) is 29.1 Å². The first-order chi connectivity index (χ1) is 7.75. The Bertz CT molecular complexity index is 482. The number of rotatable bonds is 3. The van der Waals surface area contributed by atoms with Crippen molar-refractivity contribution in [3.05, 3.63) is 57.2 Å². The second-order valence-electron chi connectivity index (χ2n) is 3.29. The molecule has 0 bridgehead atoms. The highest BCUT2D eigenvalue weighted by Gasteiger charge is 2.05. The van der Waals surface area contributed by atoms with E-state index in [1.54, 1.807) is 6.07 Å². The summed E-state index contributed by atoms with van der Waals surface area (Å²) in [6.45, 7) is 0.497. The minimum atomic E-state index is -0.0463. The average molecular weight is 252 g/mol. The molecule has 0 aliphatic rings. The molecule has 1 N–H and O–H groups in total. The highest BCUT2D eigenvalue weighted by Crippen LogP contribution is 2.11. The molecule has 0 atom stereocenters. The number of thiophene rings is 1. The first-order valence-corrected chi connectivity index (χ1v) is 6.07. The molecule has 0 aliphatic carbocycles. The van der Waals surface area contributed by atoms with Gasteiger partial charge in [0.1, 0.15) is 0 Å². The van der Waals surface area contributed by atoms with Gasteiger partial charge in [-0.2, -0.15) is 0 Å². The van der Waals surface area contributed by atoms with Gasteiger partial charge in [0, 0.05) is 11.6 Å². The van der Waals surface area contributed by atoms with E-state index in [0.29, 0.717) is 11.6 Å². The first kappa shape index (κ1) is 11.2. The maximum absolute atomic E-state index is 11.6.